The number of furan rings is 1. The monoisotopic (exact) mass is 416 g/mol. The van der Waals surface area contributed by atoms with Crippen LogP contribution in [0, 0.1) is 0 Å². The zero-order valence-electron chi connectivity index (χ0n) is 17.4. The van der Waals surface area contributed by atoms with Crippen LogP contribution < -0.4 is 5.32 Å². The Kier molecular flexibility index (Phi) is 5.21. The number of benzene rings is 1. The predicted molar refractivity (Wildman–Crippen MR) is 115 cm³/mol. The molecule has 5 rings (SSSR count). The third-order valence-corrected chi connectivity index (χ3v) is 5.74. The fourth-order valence-electron chi connectivity index (χ4n) is 4.14. The average Bonchev–Trinajstić information content (AvgIpc) is 3.42. The normalized spacial score (nSPS) is 15.4. The Morgan fingerprint density at radius 2 is 2.03 bits per heavy atom. The second-order valence-electron chi connectivity index (χ2n) is 7.82. The van der Waals surface area contributed by atoms with E-state index in [0.717, 1.165) is 55.2 Å². The van der Waals surface area contributed by atoms with E-state index in [1.807, 2.05) is 19.2 Å². The molecule has 0 saturated heterocycles. The minimum Gasteiger partial charge on any atom is -0.459 e. The highest BCUT2D eigenvalue weighted by molar-refractivity contribution is 5.91. The van der Waals surface area contributed by atoms with Gasteiger partial charge in [-0.15, -0.1) is 10.2 Å². The average molecular weight is 416 g/mol. The van der Waals surface area contributed by atoms with Crippen molar-refractivity contribution in [2.24, 2.45) is 0 Å². The molecule has 1 aliphatic heterocycles. The summed E-state index contributed by atoms with van der Waals surface area (Å²) in [6.45, 7) is 5.31. The lowest BCUT2D eigenvalue weighted by Gasteiger charge is -2.20. The minimum atomic E-state index is -0.271. The molecule has 0 saturated carbocycles. The SMILES string of the molecule is C[C@@H](NC(=O)c1ccco1)c1nnc2n1CCN(Cc1cccc3cccnc13)CC2. The van der Waals surface area contributed by atoms with Crippen LogP contribution in [0.5, 0.6) is 0 Å². The molecule has 1 amide bonds. The lowest BCUT2D eigenvalue weighted by molar-refractivity contribution is 0.0909. The van der Waals surface area contributed by atoms with Crippen LogP contribution in [-0.4, -0.2) is 43.6 Å². The van der Waals surface area contributed by atoms with Gasteiger partial charge in [0.15, 0.2) is 11.6 Å². The van der Waals surface area contributed by atoms with Gasteiger partial charge in [0.2, 0.25) is 0 Å². The molecule has 0 aliphatic carbocycles. The Balaban J connectivity index is 1.29. The molecule has 0 radical (unpaired) electrons. The van der Waals surface area contributed by atoms with Crippen molar-refractivity contribution in [3.63, 3.8) is 0 Å². The number of nitrogens with one attached hydrogen (secondary N) is 1. The first kappa shape index (κ1) is 19.4. The van der Waals surface area contributed by atoms with Crippen molar-refractivity contribution in [1.29, 1.82) is 0 Å². The number of nitrogens with zero attached hydrogens (tertiary/aromatic N) is 5. The van der Waals surface area contributed by atoms with E-state index in [1.165, 1.54) is 11.8 Å². The van der Waals surface area contributed by atoms with Crippen LogP contribution in [0.1, 0.15) is 40.7 Å². The summed E-state index contributed by atoms with van der Waals surface area (Å²) < 4.78 is 7.31. The zero-order chi connectivity index (χ0) is 21.2. The number of rotatable bonds is 5. The van der Waals surface area contributed by atoms with E-state index in [9.17, 15) is 4.79 Å². The number of carbonyl (C=O) groups is 1. The van der Waals surface area contributed by atoms with Crippen LogP contribution >= 0.6 is 0 Å². The first-order valence-electron chi connectivity index (χ1n) is 10.5. The molecule has 1 atom stereocenters. The summed E-state index contributed by atoms with van der Waals surface area (Å²) in [5.74, 6) is 1.75. The number of fused-ring (bicyclic) bond motifs is 2. The molecule has 1 N–H and O–H groups in total. The van der Waals surface area contributed by atoms with Crippen LogP contribution in [0.4, 0.5) is 0 Å². The molecule has 1 aliphatic rings. The smallest absolute Gasteiger partial charge is 0.287 e. The third-order valence-electron chi connectivity index (χ3n) is 5.74. The summed E-state index contributed by atoms with van der Waals surface area (Å²) >= 11 is 0. The number of hydrogen-bond donors (Lipinski definition) is 1. The Morgan fingerprint density at radius 1 is 1.13 bits per heavy atom. The number of hydrogen-bond acceptors (Lipinski definition) is 6. The van der Waals surface area contributed by atoms with Gasteiger partial charge in [0.05, 0.1) is 17.8 Å². The van der Waals surface area contributed by atoms with Gasteiger partial charge in [0, 0.05) is 44.2 Å². The fourth-order valence-corrected chi connectivity index (χ4v) is 4.14. The van der Waals surface area contributed by atoms with Crippen LogP contribution in [0.25, 0.3) is 10.9 Å². The molecule has 0 unspecified atom stereocenters. The van der Waals surface area contributed by atoms with Crippen molar-refractivity contribution < 1.29 is 9.21 Å². The summed E-state index contributed by atoms with van der Waals surface area (Å²) in [5, 5.41) is 12.9. The van der Waals surface area contributed by atoms with Gasteiger partial charge in [0.25, 0.3) is 5.91 Å². The van der Waals surface area contributed by atoms with Crippen LogP contribution in [0.3, 0.4) is 0 Å². The van der Waals surface area contributed by atoms with Gasteiger partial charge in [-0.2, -0.15) is 0 Å². The number of amides is 1. The number of aromatic nitrogens is 4. The molecular weight excluding hydrogens is 392 g/mol. The van der Waals surface area contributed by atoms with Crippen molar-refractivity contribution in [1.82, 2.24) is 30.0 Å². The van der Waals surface area contributed by atoms with Gasteiger partial charge in [-0.1, -0.05) is 24.3 Å². The van der Waals surface area contributed by atoms with Crippen molar-refractivity contribution in [2.75, 3.05) is 13.1 Å². The molecule has 0 bridgehead atoms. The molecular formula is C23H24N6O2. The molecule has 1 aromatic carbocycles. The number of carbonyl (C=O) groups excluding carboxylic acids is 1. The van der Waals surface area contributed by atoms with E-state index in [4.69, 9.17) is 4.42 Å². The van der Waals surface area contributed by atoms with E-state index in [-0.39, 0.29) is 17.7 Å². The molecule has 0 fully saturated rings. The molecule has 8 nitrogen and oxygen atoms in total. The lowest BCUT2D eigenvalue weighted by atomic mass is 10.1. The van der Waals surface area contributed by atoms with Crippen molar-refractivity contribution in [2.45, 2.75) is 32.5 Å². The molecule has 4 aromatic rings. The Morgan fingerprint density at radius 3 is 2.90 bits per heavy atom. The fraction of sp³-hybridized carbons (Fsp3) is 0.304. The maximum absolute atomic E-state index is 12.3. The first-order valence-corrected chi connectivity index (χ1v) is 10.5. The van der Waals surface area contributed by atoms with Gasteiger partial charge in [-0.3, -0.25) is 14.7 Å². The van der Waals surface area contributed by atoms with Gasteiger partial charge in [0.1, 0.15) is 5.82 Å². The van der Waals surface area contributed by atoms with Gasteiger partial charge in [-0.05, 0) is 30.7 Å². The Bertz CT molecular complexity index is 1190. The van der Waals surface area contributed by atoms with Crippen molar-refractivity contribution in [3.05, 3.63) is 77.9 Å². The van der Waals surface area contributed by atoms with Crippen LogP contribution in [-0.2, 0) is 19.5 Å². The third kappa shape index (κ3) is 3.94. The van der Waals surface area contributed by atoms with E-state index < -0.39 is 0 Å². The summed E-state index contributed by atoms with van der Waals surface area (Å²) in [5.41, 5.74) is 2.29. The minimum absolute atomic E-state index is 0.256. The predicted octanol–water partition coefficient (Wildman–Crippen LogP) is 2.97. The Labute approximate surface area is 179 Å². The highest BCUT2D eigenvalue weighted by Gasteiger charge is 2.24. The van der Waals surface area contributed by atoms with Gasteiger partial charge >= 0.3 is 0 Å². The largest absolute Gasteiger partial charge is 0.459 e. The maximum atomic E-state index is 12.3. The van der Waals surface area contributed by atoms with E-state index >= 15 is 0 Å². The highest BCUT2D eigenvalue weighted by atomic mass is 16.3. The second kappa shape index (κ2) is 8.31. The molecule has 31 heavy (non-hydrogen) atoms. The van der Waals surface area contributed by atoms with E-state index in [2.05, 4.69) is 54.2 Å². The van der Waals surface area contributed by atoms with Gasteiger partial charge < -0.3 is 14.3 Å². The Hall–Kier alpha value is -3.52. The number of pyridine rings is 1. The maximum Gasteiger partial charge on any atom is 0.287 e. The summed E-state index contributed by atoms with van der Waals surface area (Å²) in [4.78, 5) is 19.3. The van der Waals surface area contributed by atoms with Crippen LogP contribution in [0.15, 0.2) is 59.3 Å². The summed E-state index contributed by atoms with van der Waals surface area (Å²) in [7, 11) is 0. The molecule has 4 heterocycles. The van der Waals surface area contributed by atoms with Gasteiger partial charge in [-0.25, -0.2) is 0 Å². The first-order chi connectivity index (χ1) is 15.2. The molecule has 0 spiro atoms. The van der Waals surface area contributed by atoms with Crippen molar-refractivity contribution in [3.8, 4) is 0 Å². The second-order valence-corrected chi connectivity index (χ2v) is 7.82. The molecule has 158 valence electrons. The lowest BCUT2D eigenvalue weighted by Crippen LogP contribution is -2.30. The van der Waals surface area contributed by atoms with Crippen LogP contribution in [0.2, 0.25) is 0 Å². The standard InChI is InChI=1S/C23H24N6O2/c1-16(25-23(30)19-8-4-14-31-19)22-27-26-20-9-11-28(12-13-29(20)22)15-18-6-2-5-17-7-3-10-24-21(17)18/h2-8,10,14,16H,9,11-13,15H2,1H3,(H,25,30)/t16-/m1/s1. The number of para-hydroxylation sites is 1. The van der Waals surface area contributed by atoms with E-state index in [1.54, 1.807) is 12.1 Å². The van der Waals surface area contributed by atoms with E-state index in [0.29, 0.717) is 0 Å². The quantitative estimate of drug-likeness (QED) is 0.538. The summed E-state index contributed by atoms with van der Waals surface area (Å²) in [6.07, 6.45) is 4.15. The van der Waals surface area contributed by atoms with Crippen molar-refractivity contribution >= 4 is 16.8 Å². The zero-order valence-corrected chi connectivity index (χ0v) is 17.4. The molecule has 3 aromatic heterocycles. The topological polar surface area (TPSA) is 89.1 Å². The highest BCUT2D eigenvalue weighted by Crippen LogP contribution is 2.20. The summed E-state index contributed by atoms with van der Waals surface area (Å²) in [6, 6.07) is 13.5. The molecule has 8 heteroatoms.